The van der Waals surface area contributed by atoms with Gasteiger partial charge in [-0.05, 0) is 13.0 Å². The van der Waals surface area contributed by atoms with Crippen LogP contribution in [-0.2, 0) is 17.9 Å². The third-order valence-corrected chi connectivity index (χ3v) is 4.22. The number of hydrogen-bond acceptors (Lipinski definition) is 5. The van der Waals surface area contributed by atoms with Gasteiger partial charge in [0, 0.05) is 32.1 Å². The lowest BCUT2D eigenvalue weighted by molar-refractivity contribution is 0.181. The third-order valence-electron chi connectivity index (χ3n) is 3.01. The molecule has 1 N–H and O–H groups in total. The van der Waals surface area contributed by atoms with E-state index in [1.807, 2.05) is 0 Å². The van der Waals surface area contributed by atoms with Gasteiger partial charge in [-0.2, -0.15) is 0 Å². The summed E-state index contributed by atoms with van der Waals surface area (Å²) in [6, 6.07) is 0. The van der Waals surface area contributed by atoms with Crippen LogP contribution in [0.3, 0.4) is 0 Å². The van der Waals surface area contributed by atoms with Crippen LogP contribution in [0.1, 0.15) is 43.7 Å². The SMILES string of the molecule is CCCCCN(C)c1nc(COC)c(CNCC)s1. The lowest BCUT2D eigenvalue weighted by Gasteiger charge is -2.14. The van der Waals surface area contributed by atoms with Crippen molar-refractivity contribution in [2.24, 2.45) is 0 Å². The minimum absolute atomic E-state index is 0.597. The Hall–Kier alpha value is -0.650. The predicted molar refractivity (Wildman–Crippen MR) is 83.0 cm³/mol. The molecule has 0 amide bonds. The molecule has 0 spiro atoms. The summed E-state index contributed by atoms with van der Waals surface area (Å²) in [7, 11) is 3.85. The lowest BCUT2D eigenvalue weighted by atomic mass is 10.2. The largest absolute Gasteiger partial charge is 0.378 e. The molecule has 0 fully saturated rings. The highest BCUT2D eigenvalue weighted by molar-refractivity contribution is 7.15. The molecule has 0 bridgehead atoms. The standard InChI is InChI=1S/C14H27N3OS/c1-5-7-8-9-17(3)14-16-12(11-18-4)13(19-14)10-15-6-2/h15H,5-11H2,1-4H3. The van der Waals surface area contributed by atoms with Crippen LogP contribution < -0.4 is 10.2 Å². The zero-order chi connectivity index (χ0) is 14.1. The predicted octanol–water partition coefficient (Wildman–Crippen LogP) is 3.03. The van der Waals surface area contributed by atoms with Gasteiger partial charge in [0.15, 0.2) is 5.13 Å². The fourth-order valence-electron chi connectivity index (χ4n) is 1.85. The number of rotatable bonds is 10. The van der Waals surface area contributed by atoms with Crippen LogP contribution in [0.2, 0.25) is 0 Å². The molecule has 0 aliphatic heterocycles. The molecule has 1 aromatic rings. The number of nitrogens with zero attached hydrogens (tertiary/aromatic N) is 2. The summed E-state index contributed by atoms with van der Waals surface area (Å²) in [6.45, 7) is 7.89. The molecule has 0 aliphatic rings. The van der Waals surface area contributed by atoms with Crippen LogP contribution in [0.4, 0.5) is 5.13 Å². The lowest BCUT2D eigenvalue weighted by Crippen LogP contribution is -2.18. The summed E-state index contributed by atoms with van der Waals surface area (Å²) in [4.78, 5) is 8.26. The summed E-state index contributed by atoms with van der Waals surface area (Å²) >= 11 is 1.78. The van der Waals surface area contributed by atoms with Crippen LogP contribution in [0, 0.1) is 0 Å². The van der Waals surface area contributed by atoms with Crippen molar-refractivity contribution in [1.29, 1.82) is 0 Å². The number of unbranched alkanes of at least 4 members (excludes halogenated alkanes) is 2. The first-order chi connectivity index (χ1) is 9.22. The minimum atomic E-state index is 0.597. The molecule has 0 unspecified atom stereocenters. The van der Waals surface area contributed by atoms with Crippen molar-refractivity contribution in [2.45, 2.75) is 46.3 Å². The van der Waals surface area contributed by atoms with Gasteiger partial charge in [0.1, 0.15) is 0 Å². The van der Waals surface area contributed by atoms with Crippen molar-refractivity contribution < 1.29 is 4.74 Å². The topological polar surface area (TPSA) is 37.4 Å². The highest BCUT2D eigenvalue weighted by Gasteiger charge is 2.13. The number of ether oxygens (including phenoxy) is 1. The first-order valence-electron chi connectivity index (χ1n) is 7.12. The number of methoxy groups -OCH3 is 1. The van der Waals surface area contributed by atoms with Crippen molar-refractivity contribution in [2.75, 3.05) is 32.1 Å². The summed E-state index contributed by atoms with van der Waals surface area (Å²) in [5.74, 6) is 0. The van der Waals surface area contributed by atoms with Crippen molar-refractivity contribution in [3.8, 4) is 0 Å². The molecule has 0 saturated carbocycles. The molecule has 4 nitrogen and oxygen atoms in total. The molecule has 5 heteroatoms. The molecule has 0 saturated heterocycles. The van der Waals surface area contributed by atoms with Gasteiger partial charge in [0.2, 0.25) is 0 Å². The van der Waals surface area contributed by atoms with Gasteiger partial charge in [-0.15, -0.1) is 11.3 Å². The van der Waals surface area contributed by atoms with E-state index in [4.69, 9.17) is 9.72 Å². The van der Waals surface area contributed by atoms with Gasteiger partial charge in [-0.1, -0.05) is 26.7 Å². The Morgan fingerprint density at radius 1 is 1.32 bits per heavy atom. The van der Waals surface area contributed by atoms with E-state index in [0.29, 0.717) is 6.61 Å². The van der Waals surface area contributed by atoms with E-state index >= 15 is 0 Å². The second-order valence-electron chi connectivity index (χ2n) is 4.71. The highest BCUT2D eigenvalue weighted by Crippen LogP contribution is 2.26. The monoisotopic (exact) mass is 285 g/mol. The van der Waals surface area contributed by atoms with Gasteiger partial charge < -0.3 is 15.0 Å². The fraction of sp³-hybridized carbons (Fsp3) is 0.786. The fourth-order valence-corrected chi connectivity index (χ4v) is 2.87. The Bertz CT molecular complexity index is 354. The molecule has 0 radical (unpaired) electrons. The molecule has 0 atom stereocenters. The van der Waals surface area contributed by atoms with Crippen molar-refractivity contribution in [3.05, 3.63) is 10.6 Å². The van der Waals surface area contributed by atoms with E-state index in [9.17, 15) is 0 Å². The number of hydrogen-bond donors (Lipinski definition) is 1. The second kappa shape index (κ2) is 9.28. The van der Waals surface area contributed by atoms with Gasteiger partial charge >= 0.3 is 0 Å². The third kappa shape index (κ3) is 5.47. The van der Waals surface area contributed by atoms with Gasteiger partial charge in [0.05, 0.1) is 12.3 Å². The molecular formula is C14H27N3OS. The molecule has 110 valence electrons. The van der Waals surface area contributed by atoms with Crippen molar-refractivity contribution >= 4 is 16.5 Å². The van der Waals surface area contributed by atoms with Crippen LogP contribution in [0.25, 0.3) is 0 Å². The van der Waals surface area contributed by atoms with E-state index in [2.05, 4.69) is 31.1 Å². The summed E-state index contributed by atoms with van der Waals surface area (Å²) < 4.78 is 5.24. The van der Waals surface area contributed by atoms with E-state index < -0.39 is 0 Å². The minimum Gasteiger partial charge on any atom is -0.378 e. The van der Waals surface area contributed by atoms with Crippen LogP contribution in [0.15, 0.2) is 0 Å². The first-order valence-corrected chi connectivity index (χ1v) is 7.93. The number of anilines is 1. The van der Waals surface area contributed by atoms with E-state index in [-0.39, 0.29) is 0 Å². The first kappa shape index (κ1) is 16.4. The zero-order valence-electron chi connectivity index (χ0n) is 12.7. The van der Waals surface area contributed by atoms with E-state index in [1.165, 1.54) is 24.1 Å². The maximum atomic E-state index is 5.24. The average molecular weight is 285 g/mol. The van der Waals surface area contributed by atoms with Gasteiger partial charge in [0.25, 0.3) is 0 Å². The number of aromatic nitrogens is 1. The Morgan fingerprint density at radius 3 is 2.74 bits per heavy atom. The molecule has 0 aliphatic carbocycles. The normalized spacial score (nSPS) is 10.9. The molecule has 1 rings (SSSR count). The summed E-state index contributed by atoms with van der Waals surface area (Å²) in [5.41, 5.74) is 1.07. The quantitative estimate of drug-likeness (QED) is 0.671. The highest BCUT2D eigenvalue weighted by atomic mass is 32.1. The molecule has 19 heavy (non-hydrogen) atoms. The average Bonchev–Trinajstić information content (AvgIpc) is 2.80. The number of thiazole rings is 1. The zero-order valence-corrected chi connectivity index (χ0v) is 13.5. The number of nitrogens with one attached hydrogen (secondary N) is 1. The Kier molecular flexibility index (Phi) is 8.02. The van der Waals surface area contributed by atoms with Gasteiger partial charge in [-0.3, -0.25) is 0 Å². The van der Waals surface area contributed by atoms with Crippen LogP contribution >= 0.6 is 11.3 Å². The Morgan fingerprint density at radius 2 is 2.11 bits per heavy atom. The Balaban J connectivity index is 2.66. The molecular weight excluding hydrogens is 258 g/mol. The maximum absolute atomic E-state index is 5.24. The Labute approximate surface area is 121 Å². The smallest absolute Gasteiger partial charge is 0.185 e. The van der Waals surface area contributed by atoms with Crippen molar-refractivity contribution in [3.63, 3.8) is 0 Å². The molecule has 0 aromatic carbocycles. The van der Waals surface area contributed by atoms with Crippen molar-refractivity contribution in [1.82, 2.24) is 10.3 Å². The van der Waals surface area contributed by atoms with Crippen LogP contribution in [0.5, 0.6) is 0 Å². The maximum Gasteiger partial charge on any atom is 0.185 e. The summed E-state index contributed by atoms with van der Waals surface area (Å²) in [6.07, 6.45) is 3.77. The van der Waals surface area contributed by atoms with E-state index in [1.54, 1.807) is 18.4 Å². The molecule has 1 heterocycles. The molecule has 1 aromatic heterocycles. The second-order valence-corrected chi connectivity index (χ2v) is 5.77. The van der Waals surface area contributed by atoms with E-state index in [0.717, 1.165) is 30.5 Å². The summed E-state index contributed by atoms with van der Waals surface area (Å²) in [5, 5.41) is 4.47. The van der Waals surface area contributed by atoms with Crippen LogP contribution in [-0.4, -0.2) is 32.2 Å². The van der Waals surface area contributed by atoms with Gasteiger partial charge in [-0.25, -0.2) is 4.98 Å².